The second-order valence-electron chi connectivity index (χ2n) is 2.97. The van der Waals surface area contributed by atoms with E-state index in [0.29, 0.717) is 0 Å². The van der Waals surface area contributed by atoms with Gasteiger partial charge in [-0.05, 0) is 24.6 Å². The quantitative estimate of drug-likeness (QED) is 0.571. The van der Waals surface area contributed by atoms with Crippen LogP contribution in [0.3, 0.4) is 0 Å². The zero-order valence-corrected chi connectivity index (χ0v) is 8.18. The summed E-state index contributed by atoms with van der Waals surface area (Å²) in [6, 6.07) is 5.97. The maximum absolute atomic E-state index is 3.94. The molecule has 76 valence electrons. The normalized spacial score (nSPS) is 9.67. The van der Waals surface area contributed by atoms with Crippen molar-refractivity contribution in [3.8, 4) is 0 Å². The van der Waals surface area contributed by atoms with Crippen LogP contribution in [0.1, 0.15) is 5.56 Å². The smallest absolute Gasteiger partial charge is 0.113 e. The van der Waals surface area contributed by atoms with Crippen molar-refractivity contribution in [2.24, 2.45) is 0 Å². The first kappa shape index (κ1) is 9.32. The van der Waals surface area contributed by atoms with E-state index in [1.165, 1.54) is 5.56 Å². The van der Waals surface area contributed by atoms with Gasteiger partial charge in [-0.3, -0.25) is 0 Å². The van der Waals surface area contributed by atoms with Crippen LogP contribution in [0.4, 0.5) is 0 Å². The molecule has 0 aliphatic rings. The van der Waals surface area contributed by atoms with Crippen molar-refractivity contribution in [1.82, 2.24) is 30.8 Å². The number of fused-ring (bicyclic) bond motifs is 1. The van der Waals surface area contributed by atoms with Crippen molar-refractivity contribution in [3.63, 3.8) is 0 Å². The van der Waals surface area contributed by atoms with Crippen molar-refractivity contribution in [2.45, 2.75) is 6.92 Å². The zero-order chi connectivity index (χ0) is 10.5. The number of hydrogen-bond acceptors (Lipinski definition) is 4. The Morgan fingerprint density at radius 1 is 0.933 bits per heavy atom. The van der Waals surface area contributed by atoms with Crippen LogP contribution < -0.4 is 0 Å². The second kappa shape index (κ2) is 4.32. The number of rotatable bonds is 0. The Balaban J connectivity index is 0.000000144. The molecular weight excluding hydrogens is 192 g/mol. The van der Waals surface area contributed by atoms with E-state index in [1.54, 1.807) is 12.4 Å². The van der Waals surface area contributed by atoms with Gasteiger partial charge in [0.15, 0.2) is 0 Å². The molecule has 0 saturated carbocycles. The standard InChI is InChI=1S/C7H7N3.C2H3N3/c1-5-2-3-6-7(4-5)9-10-8-6;1-2-4-5-3-1/h2-4H,1H3,(H,8,9,10);1-2H,(H,3,4,5). The Labute approximate surface area is 85.7 Å². The summed E-state index contributed by atoms with van der Waals surface area (Å²) in [7, 11) is 0. The van der Waals surface area contributed by atoms with Crippen LogP contribution in [0.25, 0.3) is 11.0 Å². The number of aryl methyl sites for hydroxylation is 1. The first-order valence-corrected chi connectivity index (χ1v) is 4.43. The van der Waals surface area contributed by atoms with Gasteiger partial charge in [-0.15, -0.1) is 0 Å². The van der Waals surface area contributed by atoms with Gasteiger partial charge in [0.2, 0.25) is 0 Å². The first-order valence-electron chi connectivity index (χ1n) is 4.43. The van der Waals surface area contributed by atoms with E-state index in [9.17, 15) is 0 Å². The molecule has 0 aliphatic heterocycles. The summed E-state index contributed by atoms with van der Waals surface area (Å²) in [4.78, 5) is 0. The summed E-state index contributed by atoms with van der Waals surface area (Å²) in [5, 5.41) is 19.8. The Morgan fingerprint density at radius 2 is 1.67 bits per heavy atom. The summed E-state index contributed by atoms with van der Waals surface area (Å²) < 4.78 is 0. The molecule has 0 atom stereocenters. The second-order valence-corrected chi connectivity index (χ2v) is 2.97. The molecule has 0 bridgehead atoms. The molecule has 3 aromatic rings. The highest BCUT2D eigenvalue weighted by Crippen LogP contribution is 2.08. The molecule has 15 heavy (non-hydrogen) atoms. The molecule has 0 spiro atoms. The van der Waals surface area contributed by atoms with Gasteiger partial charge in [0.1, 0.15) is 11.0 Å². The maximum atomic E-state index is 3.94. The van der Waals surface area contributed by atoms with Gasteiger partial charge < -0.3 is 0 Å². The van der Waals surface area contributed by atoms with Gasteiger partial charge in [-0.25, -0.2) is 0 Å². The Hall–Kier alpha value is -2.24. The van der Waals surface area contributed by atoms with Crippen LogP contribution in [0.2, 0.25) is 0 Å². The number of H-pyrrole nitrogens is 2. The van der Waals surface area contributed by atoms with Crippen molar-refractivity contribution >= 4 is 11.0 Å². The molecule has 3 rings (SSSR count). The molecule has 0 amide bonds. The van der Waals surface area contributed by atoms with E-state index < -0.39 is 0 Å². The molecular formula is C9H10N6. The van der Waals surface area contributed by atoms with Gasteiger partial charge in [0, 0.05) is 0 Å². The van der Waals surface area contributed by atoms with Crippen LogP contribution in [-0.4, -0.2) is 30.8 Å². The topological polar surface area (TPSA) is 83.1 Å². The van der Waals surface area contributed by atoms with Crippen molar-refractivity contribution in [1.29, 1.82) is 0 Å². The summed E-state index contributed by atoms with van der Waals surface area (Å²) in [6.07, 6.45) is 3.17. The number of benzene rings is 1. The first-order chi connectivity index (χ1) is 7.36. The van der Waals surface area contributed by atoms with E-state index in [1.807, 2.05) is 25.1 Å². The molecule has 0 fully saturated rings. The third kappa shape index (κ3) is 2.37. The molecule has 0 saturated heterocycles. The van der Waals surface area contributed by atoms with Crippen molar-refractivity contribution in [2.75, 3.05) is 0 Å². The van der Waals surface area contributed by atoms with Crippen LogP contribution in [0, 0.1) is 6.92 Å². The Kier molecular flexibility index (Phi) is 2.68. The van der Waals surface area contributed by atoms with Crippen molar-refractivity contribution in [3.05, 3.63) is 36.2 Å². The fourth-order valence-electron chi connectivity index (χ4n) is 1.12. The fourth-order valence-corrected chi connectivity index (χ4v) is 1.12. The molecule has 0 unspecified atom stereocenters. The van der Waals surface area contributed by atoms with Crippen molar-refractivity contribution < 1.29 is 0 Å². The van der Waals surface area contributed by atoms with E-state index in [-0.39, 0.29) is 0 Å². The average Bonchev–Trinajstić information content (AvgIpc) is 2.91. The van der Waals surface area contributed by atoms with Gasteiger partial charge in [-0.2, -0.15) is 30.8 Å². The Morgan fingerprint density at radius 3 is 2.33 bits per heavy atom. The van der Waals surface area contributed by atoms with Crippen LogP contribution in [0.15, 0.2) is 30.6 Å². The third-order valence-electron chi connectivity index (χ3n) is 1.80. The number of nitrogens with zero attached hydrogens (tertiary/aromatic N) is 4. The van der Waals surface area contributed by atoms with Crippen LogP contribution in [0.5, 0.6) is 0 Å². The number of hydrogen-bond donors (Lipinski definition) is 2. The van der Waals surface area contributed by atoms with Gasteiger partial charge >= 0.3 is 0 Å². The molecule has 2 aromatic heterocycles. The molecule has 0 aliphatic carbocycles. The number of nitrogens with one attached hydrogen (secondary N) is 2. The average molecular weight is 202 g/mol. The van der Waals surface area contributed by atoms with Crippen LogP contribution >= 0.6 is 0 Å². The predicted molar refractivity (Wildman–Crippen MR) is 55.0 cm³/mol. The van der Waals surface area contributed by atoms with Gasteiger partial charge in [0.25, 0.3) is 0 Å². The molecule has 6 heteroatoms. The van der Waals surface area contributed by atoms with E-state index in [2.05, 4.69) is 30.8 Å². The van der Waals surface area contributed by atoms with E-state index >= 15 is 0 Å². The fraction of sp³-hybridized carbons (Fsp3) is 0.111. The SMILES string of the molecule is Cc1ccc2n[nH]nc2c1.c1cn[nH]n1. The summed E-state index contributed by atoms with van der Waals surface area (Å²) in [5.74, 6) is 0. The highest BCUT2D eigenvalue weighted by molar-refractivity contribution is 5.73. The number of aromatic nitrogens is 6. The summed E-state index contributed by atoms with van der Waals surface area (Å²) in [5.41, 5.74) is 3.06. The van der Waals surface area contributed by atoms with E-state index in [4.69, 9.17) is 0 Å². The minimum Gasteiger partial charge on any atom is -0.198 e. The maximum Gasteiger partial charge on any atom is 0.113 e. The molecule has 1 aromatic carbocycles. The lowest BCUT2D eigenvalue weighted by atomic mass is 10.2. The summed E-state index contributed by atoms with van der Waals surface area (Å²) in [6.45, 7) is 2.04. The third-order valence-corrected chi connectivity index (χ3v) is 1.80. The van der Waals surface area contributed by atoms with Gasteiger partial charge in [-0.1, -0.05) is 6.07 Å². The lowest BCUT2D eigenvalue weighted by molar-refractivity contribution is 0.940. The summed E-state index contributed by atoms with van der Waals surface area (Å²) >= 11 is 0. The lowest BCUT2D eigenvalue weighted by Crippen LogP contribution is -1.71. The molecule has 6 nitrogen and oxygen atoms in total. The highest BCUT2D eigenvalue weighted by atomic mass is 15.3. The molecule has 2 heterocycles. The minimum atomic E-state index is 0.922. The minimum absolute atomic E-state index is 0.922. The van der Waals surface area contributed by atoms with E-state index in [0.717, 1.165) is 11.0 Å². The molecule has 0 radical (unpaired) electrons. The molecule has 2 N–H and O–H groups in total. The Bertz CT molecular complexity index is 495. The van der Waals surface area contributed by atoms with Crippen LogP contribution in [-0.2, 0) is 0 Å². The predicted octanol–water partition coefficient (Wildman–Crippen LogP) is 1.07. The lowest BCUT2D eigenvalue weighted by Gasteiger charge is -1.87. The van der Waals surface area contributed by atoms with Gasteiger partial charge in [0.05, 0.1) is 12.4 Å². The number of aromatic amines is 2. The largest absolute Gasteiger partial charge is 0.198 e. The highest BCUT2D eigenvalue weighted by Gasteiger charge is 1.94. The monoisotopic (exact) mass is 202 g/mol. The zero-order valence-electron chi connectivity index (χ0n) is 8.18.